The van der Waals surface area contributed by atoms with Gasteiger partial charge in [0.15, 0.2) is 5.69 Å². The molecule has 18 heavy (non-hydrogen) atoms. The Bertz CT molecular complexity index is 413. The second-order valence-corrected chi connectivity index (χ2v) is 4.83. The molecule has 1 saturated carbocycles. The van der Waals surface area contributed by atoms with E-state index in [1.165, 1.54) is 6.07 Å². The van der Waals surface area contributed by atoms with Gasteiger partial charge >= 0.3 is 5.97 Å². The minimum Gasteiger partial charge on any atom is -0.476 e. The van der Waals surface area contributed by atoms with E-state index in [0.717, 1.165) is 25.7 Å². The molecule has 0 saturated heterocycles. The van der Waals surface area contributed by atoms with Gasteiger partial charge < -0.3 is 15.5 Å². The van der Waals surface area contributed by atoms with Crippen molar-refractivity contribution in [1.29, 1.82) is 0 Å². The van der Waals surface area contributed by atoms with Gasteiger partial charge in [-0.1, -0.05) is 12.8 Å². The Morgan fingerprint density at radius 3 is 2.56 bits per heavy atom. The van der Waals surface area contributed by atoms with Crippen LogP contribution in [0.5, 0.6) is 0 Å². The molecule has 2 rings (SSSR count). The minimum atomic E-state index is -1.09. The number of aliphatic hydroxyl groups excluding tert-OH is 1. The van der Waals surface area contributed by atoms with Gasteiger partial charge in [0.05, 0.1) is 6.61 Å². The SMILES string of the molecule is O=C(O)c1ccc(NCC2(CO)CCCC2)nn1. The van der Waals surface area contributed by atoms with E-state index in [-0.39, 0.29) is 17.7 Å². The van der Waals surface area contributed by atoms with Gasteiger partial charge in [-0.15, -0.1) is 10.2 Å². The average molecular weight is 251 g/mol. The molecular weight excluding hydrogens is 234 g/mol. The van der Waals surface area contributed by atoms with Crippen LogP contribution in [-0.4, -0.2) is 39.5 Å². The molecule has 6 nitrogen and oxygen atoms in total. The Hall–Kier alpha value is -1.69. The maximum absolute atomic E-state index is 10.6. The summed E-state index contributed by atoms with van der Waals surface area (Å²) in [5, 5.41) is 28.7. The van der Waals surface area contributed by atoms with Gasteiger partial charge in [-0.25, -0.2) is 4.79 Å². The van der Waals surface area contributed by atoms with E-state index >= 15 is 0 Å². The Morgan fingerprint density at radius 2 is 2.06 bits per heavy atom. The summed E-state index contributed by atoms with van der Waals surface area (Å²) < 4.78 is 0. The van der Waals surface area contributed by atoms with Gasteiger partial charge in [0, 0.05) is 12.0 Å². The molecule has 6 heteroatoms. The first kappa shape index (κ1) is 12.8. The van der Waals surface area contributed by atoms with Crippen molar-refractivity contribution >= 4 is 11.8 Å². The number of aromatic carboxylic acids is 1. The van der Waals surface area contributed by atoms with Crippen molar-refractivity contribution in [1.82, 2.24) is 10.2 Å². The molecule has 98 valence electrons. The fraction of sp³-hybridized carbons (Fsp3) is 0.583. The van der Waals surface area contributed by atoms with Crippen molar-refractivity contribution in [2.24, 2.45) is 5.41 Å². The fourth-order valence-electron chi connectivity index (χ4n) is 2.33. The van der Waals surface area contributed by atoms with E-state index in [4.69, 9.17) is 5.11 Å². The summed E-state index contributed by atoms with van der Waals surface area (Å²) in [7, 11) is 0. The number of nitrogens with one attached hydrogen (secondary N) is 1. The van der Waals surface area contributed by atoms with Crippen LogP contribution in [0, 0.1) is 5.41 Å². The third-order valence-electron chi connectivity index (χ3n) is 3.53. The maximum atomic E-state index is 10.6. The molecule has 0 bridgehead atoms. The molecule has 0 unspecified atom stereocenters. The second kappa shape index (κ2) is 5.30. The lowest BCUT2D eigenvalue weighted by atomic mass is 9.87. The Labute approximate surface area is 105 Å². The zero-order valence-electron chi connectivity index (χ0n) is 10.1. The smallest absolute Gasteiger partial charge is 0.356 e. The number of hydrogen-bond donors (Lipinski definition) is 3. The Kier molecular flexibility index (Phi) is 3.76. The molecule has 1 heterocycles. The number of rotatable bonds is 5. The highest BCUT2D eigenvalue weighted by Gasteiger charge is 2.32. The molecule has 1 aliphatic carbocycles. The number of anilines is 1. The molecule has 0 spiro atoms. The van der Waals surface area contributed by atoms with E-state index in [9.17, 15) is 9.90 Å². The number of nitrogens with zero attached hydrogens (tertiary/aromatic N) is 2. The lowest BCUT2D eigenvalue weighted by Crippen LogP contribution is -2.30. The van der Waals surface area contributed by atoms with Crippen molar-refractivity contribution in [3.05, 3.63) is 17.8 Å². The summed E-state index contributed by atoms with van der Waals surface area (Å²) in [6.07, 6.45) is 4.31. The number of aromatic nitrogens is 2. The zero-order chi connectivity index (χ0) is 13.0. The quantitative estimate of drug-likeness (QED) is 0.726. The van der Waals surface area contributed by atoms with Crippen LogP contribution in [0.15, 0.2) is 12.1 Å². The summed E-state index contributed by atoms with van der Waals surface area (Å²) in [5.41, 5.74) is -0.133. The highest BCUT2D eigenvalue weighted by molar-refractivity contribution is 5.85. The largest absolute Gasteiger partial charge is 0.476 e. The standard InChI is InChI=1S/C12H17N3O3/c16-8-12(5-1-2-6-12)7-13-10-4-3-9(11(17)18)14-15-10/h3-4,16H,1-2,5-8H2,(H,13,15)(H,17,18). The van der Waals surface area contributed by atoms with Gasteiger partial charge in [0.2, 0.25) is 0 Å². The molecule has 1 fully saturated rings. The molecule has 0 amide bonds. The predicted octanol–water partition coefficient (Wildman–Crippen LogP) is 1.14. The monoisotopic (exact) mass is 251 g/mol. The van der Waals surface area contributed by atoms with Crippen LogP contribution in [0.4, 0.5) is 5.82 Å². The van der Waals surface area contributed by atoms with Gasteiger partial charge in [-0.05, 0) is 25.0 Å². The van der Waals surface area contributed by atoms with Crippen LogP contribution in [0.1, 0.15) is 36.2 Å². The predicted molar refractivity (Wildman–Crippen MR) is 65.5 cm³/mol. The molecule has 0 aliphatic heterocycles. The Morgan fingerprint density at radius 1 is 1.33 bits per heavy atom. The topological polar surface area (TPSA) is 95.3 Å². The van der Waals surface area contributed by atoms with Crippen LogP contribution < -0.4 is 5.32 Å². The number of carboxylic acids is 1. The van der Waals surface area contributed by atoms with Crippen LogP contribution in [-0.2, 0) is 0 Å². The number of carboxylic acid groups (broad SMARTS) is 1. The Balaban J connectivity index is 1.95. The van der Waals surface area contributed by atoms with Crippen LogP contribution in [0.2, 0.25) is 0 Å². The van der Waals surface area contributed by atoms with Gasteiger partial charge in [0.1, 0.15) is 5.82 Å². The lowest BCUT2D eigenvalue weighted by molar-refractivity contribution is 0.0689. The number of aliphatic hydroxyl groups is 1. The van der Waals surface area contributed by atoms with E-state index < -0.39 is 5.97 Å². The number of carbonyl (C=O) groups is 1. The lowest BCUT2D eigenvalue weighted by Gasteiger charge is -2.26. The van der Waals surface area contributed by atoms with Crippen molar-refractivity contribution in [2.45, 2.75) is 25.7 Å². The van der Waals surface area contributed by atoms with Crippen LogP contribution >= 0.6 is 0 Å². The van der Waals surface area contributed by atoms with E-state index in [0.29, 0.717) is 12.4 Å². The van der Waals surface area contributed by atoms with Gasteiger partial charge in [-0.2, -0.15) is 0 Å². The third-order valence-corrected chi connectivity index (χ3v) is 3.53. The third kappa shape index (κ3) is 2.76. The molecule has 0 aromatic carbocycles. The summed E-state index contributed by atoms with van der Waals surface area (Å²) in [6.45, 7) is 0.811. The minimum absolute atomic E-state index is 0.0624. The summed E-state index contributed by atoms with van der Waals surface area (Å²) in [6, 6.07) is 3.01. The molecule has 1 aromatic rings. The van der Waals surface area contributed by atoms with Crippen molar-refractivity contribution in [2.75, 3.05) is 18.5 Å². The first-order valence-corrected chi connectivity index (χ1v) is 6.07. The zero-order valence-corrected chi connectivity index (χ0v) is 10.1. The number of hydrogen-bond acceptors (Lipinski definition) is 5. The summed E-state index contributed by atoms with van der Waals surface area (Å²) in [4.78, 5) is 10.6. The van der Waals surface area contributed by atoms with Crippen molar-refractivity contribution < 1.29 is 15.0 Å². The normalized spacial score (nSPS) is 17.6. The van der Waals surface area contributed by atoms with Crippen molar-refractivity contribution in [3.8, 4) is 0 Å². The van der Waals surface area contributed by atoms with Gasteiger partial charge in [-0.3, -0.25) is 0 Å². The highest BCUT2D eigenvalue weighted by atomic mass is 16.4. The van der Waals surface area contributed by atoms with Crippen LogP contribution in [0.3, 0.4) is 0 Å². The highest BCUT2D eigenvalue weighted by Crippen LogP contribution is 2.37. The molecule has 1 aliphatic rings. The van der Waals surface area contributed by atoms with Crippen LogP contribution in [0.25, 0.3) is 0 Å². The molecular formula is C12H17N3O3. The first-order valence-electron chi connectivity index (χ1n) is 6.07. The molecule has 1 aromatic heterocycles. The average Bonchev–Trinajstić information content (AvgIpc) is 2.86. The summed E-state index contributed by atoms with van der Waals surface area (Å²) in [5.74, 6) is -0.545. The molecule has 0 radical (unpaired) electrons. The first-order chi connectivity index (χ1) is 8.65. The van der Waals surface area contributed by atoms with Gasteiger partial charge in [0.25, 0.3) is 0 Å². The molecule has 3 N–H and O–H groups in total. The van der Waals surface area contributed by atoms with E-state index in [1.54, 1.807) is 6.07 Å². The fourth-order valence-corrected chi connectivity index (χ4v) is 2.33. The van der Waals surface area contributed by atoms with E-state index in [2.05, 4.69) is 15.5 Å². The molecule has 0 atom stereocenters. The second-order valence-electron chi connectivity index (χ2n) is 4.83. The van der Waals surface area contributed by atoms with E-state index in [1.807, 2.05) is 0 Å². The van der Waals surface area contributed by atoms with Crippen molar-refractivity contribution in [3.63, 3.8) is 0 Å². The maximum Gasteiger partial charge on any atom is 0.356 e. The summed E-state index contributed by atoms with van der Waals surface area (Å²) >= 11 is 0.